The quantitative estimate of drug-likeness (QED) is 0.725. The maximum atomic E-state index is 12.5. The van der Waals surface area contributed by atoms with Gasteiger partial charge in [-0.2, -0.15) is 0 Å². The number of piperazine rings is 1. The summed E-state index contributed by atoms with van der Waals surface area (Å²) in [6.45, 7) is 2.16. The van der Waals surface area contributed by atoms with Crippen molar-refractivity contribution in [1.29, 1.82) is 0 Å². The normalized spacial score (nSPS) is 15.7. The number of aryl methyl sites for hydroxylation is 2. The molecule has 2 aliphatic rings. The van der Waals surface area contributed by atoms with E-state index in [1.807, 2.05) is 35.2 Å². The Hall–Kier alpha value is -3.35. The molecule has 0 spiro atoms. The lowest BCUT2D eigenvalue weighted by Crippen LogP contribution is -2.51. The van der Waals surface area contributed by atoms with Crippen LogP contribution in [0, 0.1) is 0 Å². The van der Waals surface area contributed by atoms with Gasteiger partial charge in [0.15, 0.2) is 6.61 Å². The van der Waals surface area contributed by atoms with E-state index in [9.17, 15) is 14.4 Å². The topological polar surface area (TPSA) is 79.0 Å². The Labute approximate surface area is 188 Å². The van der Waals surface area contributed by atoms with Crippen molar-refractivity contribution in [2.45, 2.75) is 32.1 Å². The fourth-order valence-electron chi connectivity index (χ4n) is 4.14. The number of rotatable bonds is 7. The number of carbonyl (C=O) groups excluding carboxylic acids is 3. The van der Waals surface area contributed by atoms with Gasteiger partial charge in [0.1, 0.15) is 5.75 Å². The average molecular weight is 436 g/mol. The largest absolute Gasteiger partial charge is 0.484 e. The maximum absolute atomic E-state index is 12.5. The number of carbonyl (C=O) groups is 3. The molecule has 0 radical (unpaired) electrons. The number of benzene rings is 2. The lowest BCUT2D eigenvalue weighted by molar-refractivity contribution is -0.140. The predicted octanol–water partition coefficient (Wildman–Crippen LogP) is 2.64. The minimum absolute atomic E-state index is 0.0233. The lowest BCUT2D eigenvalue weighted by atomic mass is 10.0. The molecule has 1 saturated heterocycles. The Balaban J connectivity index is 1.17. The Bertz CT molecular complexity index is 968. The molecule has 4 rings (SSSR count). The predicted molar refractivity (Wildman–Crippen MR) is 121 cm³/mol. The molecule has 168 valence electrons. The first-order chi connectivity index (χ1) is 15.6. The molecule has 0 atom stereocenters. The zero-order valence-corrected chi connectivity index (χ0v) is 18.2. The summed E-state index contributed by atoms with van der Waals surface area (Å²) < 4.78 is 5.70. The third kappa shape index (κ3) is 5.66. The van der Waals surface area contributed by atoms with Crippen LogP contribution in [0.1, 0.15) is 30.4 Å². The molecule has 2 aromatic rings. The summed E-state index contributed by atoms with van der Waals surface area (Å²) in [5, 5.41) is 2.84. The minimum atomic E-state index is -0.0767. The molecule has 7 heteroatoms. The number of hydrogen-bond acceptors (Lipinski definition) is 4. The summed E-state index contributed by atoms with van der Waals surface area (Å²) in [7, 11) is 0. The van der Waals surface area contributed by atoms with Gasteiger partial charge in [-0.25, -0.2) is 0 Å². The van der Waals surface area contributed by atoms with Gasteiger partial charge in [-0.15, -0.1) is 0 Å². The monoisotopic (exact) mass is 435 g/mol. The van der Waals surface area contributed by atoms with Gasteiger partial charge in [-0.05, 0) is 48.6 Å². The summed E-state index contributed by atoms with van der Waals surface area (Å²) in [5.41, 5.74) is 3.08. The van der Waals surface area contributed by atoms with Crippen LogP contribution in [0.4, 0.5) is 5.69 Å². The van der Waals surface area contributed by atoms with Gasteiger partial charge in [0.25, 0.3) is 5.91 Å². The standard InChI is InChI=1S/C25H29N3O4/c29-23-12-9-20-17-21(10-11-22(20)26-23)32-18-25(31)28-15-13-27(14-16-28)24(30)8-4-7-19-5-2-1-3-6-19/h1-3,5-6,10-11,17H,4,7-9,12-16,18H2,(H,26,29). The summed E-state index contributed by atoms with van der Waals surface area (Å²) >= 11 is 0. The molecular weight excluding hydrogens is 406 g/mol. The van der Waals surface area contributed by atoms with Crippen LogP contribution in [0.2, 0.25) is 0 Å². The zero-order valence-electron chi connectivity index (χ0n) is 18.2. The number of amides is 3. The van der Waals surface area contributed by atoms with E-state index in [0.29, 0.717) is 51.2 Å². The van der Waals surface area contributed by atoms with Gasteiger partial charge in [0.05, 0.1) is 0 Å². The molecular formula is C25H29N3O4. The van der Waals surface area contributed by atoms with Crippen LogP contribution in [0.5, 0.6) is 5.75 Å². The second-order valence-corrected chi connectivity index (χ2v) is 8.26. The first-order valence-corrected chi connectivity index (χ1v) is 11.2. The second-order valence-electron chi connectivity index (χ2n) is 8.26. The van der Waals surface area contributed by atoms with Crippen LogP contribution < -0.4 is 10.1 Å². The molecule has 32 heavy (non-hydrogen) atoms. The van der Waals surface area contributed by atoms with Crippen molar-refractivity contribution < 1.29 is 19.1 Å². The average Bonchev–Trinajstić information content (AvgIpc) is 2.83. The molecule has 3 amide bonds. The van der Waals surface area contributed by atoms with Gasteiger partial charge >= 0.3 is 0 Å². The van der Waals surface area contributed by atoms with Crippen LogP contribution >= 0.6 is 0 Å². The van der Waals surface area contributed by atoms with Crippen LogP contribution in [-0.2, 0) is 27.2 Å². The number of nitrogens with zero attached hydrogens (tertiary/aromatic N) is 2. The fourth-order valence-corrected chi connectivity index (χ4v) is 4.14. The lowest BCUT2D eigenvalue weighted by Gasteiger charge is -2.34. The third-order valence-corrected chi connectivity index (χ3v) is 6.02. The van der Waals surface area contributed by atoms with E-state index in [2.05, 4.69) is 17.4 Å². The number of fused-ring (bicyclic) bond motifs is 1. The molecule has 0 unspecified atom stereocenters. The van der Waals surface area contributed by atoms with E-state index >= 15 is 0 Å². The summed E-state index contributed by atoms with van der Waals surface area (Å²) in [6, 6.07) is 15.7. The van der Waals surface area contributed by atoms with Crippen molar-refractivity contribution >= 4 is 23.4 Å². The van der Waals surface area contributed by atoms with E-state index in [1.54, 1.807) is 11.0 Å². The van der Waals surface area contributed by atoms with Gasteiger partial charge in [0.2, 0.25) is 11.8 Å². The van der Waals surface area contributed by atoms with Crippen molar-refractivity contribution in [3.05, 3.63) is 59.7 Å². The van der Waals surface area contributed by atoms with Gasteiger partial charge in [-0.3, -0.25) is 14.4 Å². The van der Waals surface area contributed by atoms with Gasteiger partial charge in [0, 0.05) is 44.7 Å². The highest BCUT2D eigenvalue weighted by molar-refractivity contribution is 5.94. The van der Waals surface area contributed by atoms with Gasteiger partial charge in [-0.1, -0.05) is 30.3 Å². The van der Waals surface area contributed by atoms with Crippen LogP contribution in [0.15, 0.2) is 48.5 Å². The smallest absolute Gasteiger partial charge is 0.260 e. The van der Waals surface area contributed by atoms with Crippen molar-refractivity contribution in [2.24, 2.45) is 0 Å². The number of nitrogens with one attached hydrogen (secondary N) is 1. The van der Waals surface area contributed by atoms with Crippen LogP contribution in [-0.4, -0.2) is 60.3 Å². The Morgan fingerprint density at radius 3 is 2.38 bits per heavy atom. The summed E-state index contributed by atoms with van der Waals surface area (Å²) in [6.07, 6.45) is 3.40. The van der Waals surface area contributed by atoms with Crippen molar-refractivity contribution in [3.63, 3.8) is 0 Å². The molecule has 1 fully saturated rings. The van der Waals surface area contributed by atoms with E-state index < -0.39 is 0 Å². The van der Waals surface area contributed by atoms with E-state index in [4.69, 9.17) is 4.74 Å². The van der Waals surface area contributed by atoms with Crippen molar-refractivity contribution in [3.8, 4) is 5.75 Å². The Kier molecular flexibility index (Phi) is 7.04. The summed E-state index contributed by atoms with van der Waals surface area (Å²) in [4.78, 5) is 40.1. The SMILES string of the molecule is O=C1CCc2cc(OCC(=O)N3CCN(C(=O)CCCc4ccccc4)CC3)ccc2N1. The highest BCUT2D eigenvalue weighted by atomic mass is 16.5. The molecule has 0 bridgehead atoms. The molecule has 0 aromatic heterocycles. The van der Waals surface area contributed by atoms with E-state index in [-0.39, 0.29) is 24.3 Å². The van der Waals surface area contributed by atoms with E-state index in [1.165, 1.54) is 5.56 Å². The Morgan fingerprint density at radius 2 is 1.62 bits per heavy atom. The van der Waals surface area contributed by atoms with Crippen LogP contribution in [0.25, 0.3) is 0 Å². The molecule has 2 heterocycles. The molecule has 2 aromatic carbocycles. The number of ether oxygens (including phenoxy) is 1. The van der Waals surface area contributed by atoms with E-state index in [0.717, 1.165) is 24.1 Å². The minimum Gasteiger partial charge on any atom is -0.484 e. The maximum Gasteiger partial charge on any atom is 0.260 e. The molecule has 0 saturated carbocycles. The zero-order chi connectivity index (χ0) is 22.3. The Morgan fingerprint density at radius 1 is 0.906 bits per heavy atom. The first-order valence-electron chi connectivity index (χ1n) is 11.2. The molecule has 2 aliphatic heterocycles. The first kappa shape index (κ1) is 21.9. The second kappa shape index (κ2) is 10.3. The fraction of sp³-hybridized carbons (Fsp3) is 0.400. The van der Waals surface area contributed by atoms with Gasteiger partial charge < -0.3 is 19.9 Å². The van der Waals surface area contributed by atoms with Crippen LogP contribution in [0.3, 0.4) is 0 Å². The molecule has 7 nitrogen and oxygen atoms in total. The van der Waals surface area contributed by atoms with Crippen molar-refractivity contribution in [2.75, 3.05) is 38.1 Å². The number of hydrogen-bond donors (Lipinski definition) is 1. The molecule has 0 aliphatic carbocycles. The molecule has 1 N–H and O–H groups in total. The third-order valence-electron chi connectivity index (χ3n) is 6.02. The highest BCUT2D eigenvalue weighted by Crippen LogP contribution is 2.26. The highest BCUT2D eigenvalue weighted by Gasteiger charge is 2.24. The summed E-state index contributed by atoms with van der Waals surface area (Å²) in [5.74, 6) is 0.730. The van der Waals surface area contributed by atoms with Crippen molar-refractivity contribution in [1.82, 2.24) is 9.80 Å². The number of anilines is 1.